The molecule has 0 aliphatic carbocycles. The van der Waals surface area contributed by atoms with Crippen LogP contribution in [0.25, 0.3) is 33.5 Å². The van der Waals surface area contributed by atoms with Gasteiger partial charge in [0.1, 0.15) is 12.1 Å². The highest BCUT2D eigenvalue weighted by molar-refractivity contribution is 9.10. The van der Waals surface area contributed by atoms with Crippen molar-refractivity contribution >= 4 is 38.5 Å². The van der Waals surface area contributed by atoms with Gasteiger partial charge < -0.3 is 11.5 Å². The second kappa shape index (κ2) is 6.10. The zero-order valence-corrected chi connectivity index (χ0v) is 14.6. The van der Waals surface area contributed by atoms with Crippen molar-refractivity contribution in [3.63, 3.8) is 0 Å². The van der Waals surface area contributed by atoms with Gasteiger partial charge in [0.15, 0.2) is 5.65 Å². The molecule has 0 bridgehead atoms. The van der Waals surface area contributed by atoms with Crippen LogP contribution in [0.4, 0.5) is 11.5 Å². The van der Waals surface area contributed by atoms with Crippen molar-refractivity contribution in [1.82, 2.24) is 19.9 Å². The summed E-state index contributed by atoms with van der Waals surface area (Å²) in [6.07, 6.45) is 3.02. The van der Waals surface area contributed by atoms with E-state index < -0.39 is 0 Å². The number of nitrogen functional groups attached to an aromatic ring is 2. The Kier molecular flexibility index (Phi) is 3.77. The van der Waals surface area contributed by atoms with Crippen molar-refractivity contribution in [2.45, 2.75) is 0 Å². The van der Waals surface area contributed by atoms with E-state index in [1.807, 2.05) is 36.4 Å². The summed E-state index contributed by atoms with van der Waals surface area (Å²) in [6, 6.07) is 13.5. The molecule has 0 aliphatic rings. The predicted octanol–water partition coefficient (Wildman–Crippen LogP) is 3.68. The van der Waals surface area contributed by atoms with Crippen molar-refractivity contribution in [3.8, 4) is 22.5 Å². The van der Waals surface area contributed by atoms with Crippen molar-refractivity contribution in [1.29, 1.82) is 0 Å². The summed E-state index contributed by atoms with van der Waals surface area (Å²) in [7, 11) is 0. The maximum absolute atomic E-state index is 6.11. The summed E-state index contributed by atoms with van der Waals surface area (Å²) in [4.78, 5) is 17.4. The average Bonchev–Trinajstić information content (AvgIpc) is 2.61. The molecule has 0 radical (unpaired) electrons. The normalized spacial score (nSPS) is 10.9. The first-order chi connectivity index (χ1) is 12.1. The lowest BCUT2D eigenvalue weighted by atomic mass is 10.0. The van der Waals surface area contributed by atoms with Gasteiger partial charge in [-0.3, -0.25) is 4.98 Å². The zero-order chi connectivity index (χ0) is 17.4. The van der Waals surface area contributed by atoms with Gasteiger partial charge in [0.25, 0.3) is 0 Å². The van der Waals surface area contributed by atoms with Gasteiger partial charge in [0.05, 0.1) is 28.7 Å². The first-order valence-electron chi connectivity index (χ1n) is 7.51. The summed E-state index contributed by atoms with van der Waals surface area (Å²) in [5, 5.41) is 0.722. The number of fused-ring (bicyclic) bond motifs is 1. The Labute approximate surface area is 152 Å². The van der Waals surface area contributed by atoms with Gasteiger partial charge in [-0.05, 0) is 41.5 Å². The number of nitrogens with zero attached hydrogens (tertiary/aromatic N) is 4. The molecular weight excluding hydrogens is 380 g/mol. The molecule has 0 amide bonds. The lowest BCUT2D eigenvalue weighted by Crippen LogP contribution is -1.99. The third-order valence-electron chi connectivity index (χ3n) is 3.82. The van der Waals surface area contributed by atoms with Crippen LogP contribution in [0, 0.1) is 0 Å². The highest BCUT2D eigenvalue weighted by atomic mass is 79.9. The molecule has 0 saturated heterocycles. The van der Waals surface area contributed by atoms with E-state index >= 15 is 0 Å². The van der Waals surface area contributed by atoms with Crippen LogP contribution in [-0.2, 0) is 0 Å². The highest BCUT2D eigenvalue weighted by Gasteiger charge is 2.14. The molecule has 0 saturated carbocycles. The van der Waals surface area contributed by atoms with E-state index in [4.69, 9.17) is 11.5 Å². The number of pyridine rings is 2. The largest absolute Gasteiger partial charge is 0.397 e. The van der Waals surface area contributed by atoms with Crippen LogP contribution < -0.4 is 11.5 Å². The summed E-state index contributed by atoms with van der Waals surface area (Å²) in [6.45, 7) is 0. The van der Waals surface area contributed by atoms with E-state index in [0.29, 0.717) is 28.5 Å². The Hall–Kier alpha value is -3.06. The lowest BCUT2D eigenvalue weighted by molar-refractivity contribution is 1.18. The van der Waals surface area contributed by atoms with Gasteiger partial charge in [-0.1, -0.05) is 28.1 Å². The molecule has 6 nitrogen and oxygen atoms in total. The van der Waals surface area contributed by atoms with Gasteiger partial charge in [0.2, 0.25) is 0 Å². The van der Waals surface area contributed by atoms with Gasteiger partial charge in [-0.15, -0.1) is 0 Å². The van der Waals surface area contributed by atoms with Gasteiger partial charge >= 0.3 is 0 Å². The molecule has 1 aromatic carbocycles. The number of halogens is 1. The quantitative estimate of drug-likeness (QED) is 0.539. The molecule has 4 aromatic rings. The molecule has 0 unspecified atom stereocenters. The van der Waals surface area contributed by atoms with E-state index in [1.165, 1.54) is 6.33 Å². The molecule has 0 aliphatic heterocycles. The van der Waals surface area contributed by atoms with Crippen LogP contribution in [0.15, 0.2) is 59.5 Å². The van der Waals surface area contributed by atoms with Crippen molar-refractivity contribution in [2.24, 2.45) is 0 Å². The average molecular weight is 393 g/mol. The molecule has 0 spiro atoms. The number of aromatic nitrogens is 4. The third-order valence-corrected chi connectivity index (χ3v) is 4.31. The molecule has 0 atom stereocenters. The van der Waals surface area contributed by atoms with Crippen molar-refractivity contribution in [2.75, 3.05) is 11.5 Å². The highest BCUT2D eigenvalue weighted by Crippen LogP contribution is 2.34. The van der Waals surface area contributed by atoms with Crippen LogP contribution >= 0.6 is 15.9 Å². The van der Waals surface area contributed by atoms with E-state index in [2.05, 4.69) is 35.9 Å². The smallest absolute Gasteiger partial charge is 0.165 e. The summed E-state index contributed by atoms with van der Waals surface area (Å²) < 4.78 is 0.970. The van der Waals surface area contributed by atoms with E-state index in [0.717, 1.165) is 21.0 Å². The monoisotopic (exact) mass is 392 g/mol. The molecule has 25 heavy (non-hydrogen) atoms. The topological polar surface area (TPSA) is 104 Å². The standard InChI is InChI=1S/C18H13BrN6/c19-11-3-1-2-10(6-11)13-7-15(14-5-4-12(20)8-22-14)25-18-16(13)17(21)23-9-24-18/h1-9H,20H2,(H2,21,23,24,25). The summed E-state index contributed by atoms with van der Waals surface area (Å²) >= 11 is 3.51. The van der Waals surface area contributed by atoms with E-state index in [-0.39, 0.29) is 0 Å². The maximum atomic E-state index is 6.11. The summed E-state index contributed by atoms with van der Waals surface area (Å²) in [5.41, 5.74) is 16.3. The van der Waals surface area contributed by atoms with Crippen molar-refractivity contribution in [3.05, 3.63) is 59.5 Å². The number of nitrogens with two attached hydrogens (primary N) is 2. The Balaban J connectivity index is 2.03. The Morgan fingerprint density at radius 2 is 1.76 bits per heavy atom. The van der Waals surface area contributed by atoms with E-state index in [9.17, 15) is 0 Å². The second-order valence-electron chi connectivity index (χ2n) is 5.50. The van der Waals surface area contributed by atoms with Crippen LogP contribution in [0.3, 0.4) is 0 Å². The maximum Gasteiger partial charge on any atom is 0.165 e. The molecule has 4 rings (SSSR count). The fourth-order valence-electron chi connectivity index (χ4n) is 2.66. The van der Waals surface area contributed by atoms with Crippen molar-refractivity contribution < 1.29 is 0 Å². The minimum atomic E-state index is 0.393. The zero-order valence-electron chi connectivity index (χ0n) is 13.0. The molecule has 3 aromatic heterocycles. The van der Waals surface area contributed by atoms with Crippen LogP contribution in [0.2, 0.25) is 0 Å². The number of hydrogen-bond acceptors (Lipinski definition) is 6. The first kappa shape index (κ1) is 15.5. The lowest BCUT2D eigenvalue weighted by Gasteiger charge is -2.11. The first-order valence-corrected chi connectivity index (χ1v) is 8.30. The van der Waals surface area contributed by atoms with Gasteiger partial charge in [0, 0.05) is 4.47 Å². The predicted molar refractivity (Wildman–Crippen MR) is 103 cm³/mol. The number of anilines is 2. The van der Waals surface area contributed by atoms with Crippen LogP contribution in [0.5, 0.6) is 0 Å². The minimum absolute atomic E-state index is 0.393. The van der Waals surface area contributed by atoms with Gasteiger partial charge in [-0.25, -0.2) is 15.0 Å². The molecule has 0 fully saturated rings. The molecule has 7 heteroatoms. The fourth-order valence-corrected chi connectivity index (χ4v) is 3.06. The Bertz CT molecular complexity index is 1080. The third kappa shape index (κ3) is 2.89. The Morgan fingerprint density at radius 3 is 2.52 bits per heavy atom. The van der Waals surface area contributed by atoms with E-state index in [1.54, 1.807) is 12.3 Å². The Morgan fingerprint density at radius 1 is 0.880 bits per heavy atom. The molecule has 3 heterocycles. The minimum Gasteiger partial charge on any atom is -0.397 e. The number of hydrogen-bond donors (Lipinski definition) is 2. The van der Waals surface area contributed by atoms with Gasteiger partial charge in [-0.2, -0.15) is 0 Å². The molecule has 4 N–H and O–H groups in total. The fraction of sp³-hybridized carbons (Fsp3) is 0. The molecule has 122 valence electrons. The number of rotatable bonds is 2. The summed E-state index contributed by atoms with van der Waals surface area (Å²) in [5.74, 6) is 0.393. The number of benzene rings is 1. The van der Waals surface area contributed by atoms with Crippen LogP contribution in [-0.4, -0.2) is 19.9 Å². The SMILES string of the molecule is Nc1ccc(-c2cc(-c3cccc(Br)c3)c3c(N)ncnc3n2)nc1. The molecular formula is C18H13BrN6. The second-order valence-corrected chi connectivity index (χ2v) is 6.42. The van der Waals surface area contributed by atoms with Crippen LogP contribution in [0.1, 0.15) is 0 Å².